The summed E-state index contributed by atoms with van der Waals surface area (Å²) in [4.78, 5) is 41.3. The molecule has 0 bridgehead atoms. The Morgan fingerprint density at radius 2 is 1.68 bits per heavy atom. The fourth-order valence-electron chi connectivity index (χ4n) is 5.37. The van der Waals surface area contributed by atoms with Crippen LogP contribution >= 0.6 is 11.8 Å². The van der Waals surface area contributed by atoms with E-state index in [4.69, 9.17) is 9.47 Å². The van der Waals surface area contributed by atoms with E-state index in [1.165, 1.54) is 24.8 Å². The number of aromatic nitrogens is 1. The third-order valence-corrected chi connectivity index (χ3v) is 9.10. The fourth-order valence-corrected chi connectivity index (χ4v) is 6.52. The Labute approximate surface area is 277 Å². The number of nitrogens with one attached hydrogen (secondary N) is 2. The van der Waals surface area contributed by atoms with Gasteiger partial charge in [-0.2, -0.15) is 0 Å². The number of rotatable bonds is 12. The number of nitrogens with zero attached hydrogens (tertiary/aromatic N) is 1. The molecule has 1 fully saturated rings. The highest BCUT2D eigenvalue weighted by molar-refractivity contribution is 7.99. The third kappa shape index (κ3) is 8.83. The summed E-state index contributed by atoms with van der Waals surface area (Å²) in [5, 5.41) is 25.2. The normalized spacial score (nSPS) is 19.8. The molecule has 47 heavy (non-hydrogen) atoms. The van der Waals surface area contributed by atoms with Gasteiger partial charge in [0.15, 0.2) is 12.1 Å². The topological polar surface area (TPSA) is 147 Å². The van der Waals surface area contributed by atoms with E-state index in [1.54, 1.807) is 30.5 Å². The number of ketones is 1. The number of carboxylic acids is 1. The lowest BCUT2D eigenvalue weighted by Gasteiger charge is -2.41. The largest absolute Gasteiger partial charge is 0.478 e. The Hall–Kier alpha value is -4.55. The molecule has 4 N–H and O–H groups in total. The van der Waals surface area contributed by atoms with Gasteiger partial charge in [0.05, 0.1) is 30.4 Å². The van der Waals surface area contributed by atoms with Crippen molar-refractivity contribution in [3.8, 4) is 0 Å². The van der Waals surface area contributed by atoms with Crippen molar-refractivity contribution in [1.82, 2.24) is 10.3 Å². The number of aromatic carboxylic acids is 1. The molecule has 244 valence electrons. The number of ether oxygens (including phenoxy) is 2. The van der Waals surface area contributed by atoms with Gasteiger partial charge in [-0.15, -0.1) is 11.8 Å². The van der Waals surface area contributed by atoms with Gasteiger partial charge in [-0.25, -0.2) is 14.6 Å². The zero-order valence-corrected chi connectivity index (χ0v) is 26.9. The lowest BCUT2D eigenvalue weighted by molar-refractivity contribution is -0.268. The van der Waals surface area contributed by atoms with E-state index in [0.29, 0.717) is 28.5 Å². The molecule has 4 aromatic rings. The Balaban J connectivity index is 1.34. The monoisotopic (exact) mass is 655 g/mol. The number of carboxylic acid groups (broad SMARTS) is 1. The zero-order chi connectivity index (χ0) is 33.3. The number of carbonyl (C=O) groups excluding carboxylic acids is 2. The van der Waals surface area contributed by atoms with E-state index in [-0.39, 0.29) is 36.1 Å². The van der Waals surface area contributed by atoms with Gasteiger partial charge >= 0.3 is 12.0 Å². The zero-order valence-electron chi connectivity index (χ0n) is 26.0. The Kier molecular flexibility index (Phi) is 11.4. The van der Waals surface area contributed by atoms with Crippen molar-refractivity contribution in [2.24, 2.45) is 5.92 Å². The number of hydrogen-bond donors (Lipinski definition) is 4. The molecule has 2 heterocycles. The maximum atomic E-state index is 13.0. The van der Waals surface area contributed by atoms with Crippen LogP contribution in [0.5, 0.6) is 0 Å². The lowest BCUT2D eigenvalue weighted by Crippen LogP contribution is -2.43. The van der Waals surface area contributed by atoms with E-state index in [9.17, 15) is 24.6 Å². The number of Topliss-reactive ketones (excluding diaryl/α,β-unsaturated/α-hetero) is 1. The maximum Gasteiger partial charge on any atom is 0.338 e. The predicted octanol–water partition coefficient (Wildman–Crippen LogP) is 6.18. The smallest absolute Gasteiger partial charge is 0.338 e. The van der Waals surface area contributed by atoms with Crippen molar-refractivity contribution in [2.45, 2.75) is 56.4 Å². The highest BCUT2D eigenvalue weighted by Gasteiger charge is 2.38. The van der Waals surface area contributed by atoms with Crippen LogP contribution in [0.2, 0.25) is 0 Å². The number of benzene rings is 3. The standard InChI is InChI=1S/C36H37N3O7S/c1-22-31(21-47-33-29(34(42)43)12-7-17-37-33)45-35(46-32(22)26-15-13-25(20-40)14-16-26)27-10-6-11-28(19-27)38-36(44)39-30(23(2)41)18-24-8-4-3-5-9-24/h3-17,19,22,30-32,35,40H,18,20-21H2,1-2H3,(H,42,43)(H2,38,39,44). The first-order chi connectivity index (χ1) is 22.7. The van der Waals surface area contributed by atoms with Gasteiger partial charge in [0, 0.05) is 29.1 Å². The summed E-state index contributed by atoms with van der Waals surface area (Å²) < 4.78 is 13.0. The third-order valence-electron chi connectivity index (χ3n) is 8.00. The van der Waals surface area contributed by atoms with Gasteiger partial charge in [0.25, 0.3) is 0 Å². The Morgan fingerprint density at radius 3 is 2.38 bits per heavy atom. The van der Waals surface area contributed by atoms with Crippen LogP contribution in [-0.4, -0.2) is 50.9 Å². The summed E-state index contributed by atoms with van der Waals surface area (Å²) in [6, 6.07) is 26.1. The fraction of sp³-hybridized carbons (Fsp3) is 0.278. The lowest BCUT2D eigenvalue weighted by atomic mass is 9.91. The highest BCUT2D eigenvalue weighted by atomic mass is 32.2. The number of amides is 2. The second-order valence-electron chi connectivity index (χ2n) is 11.4. The first-order valence-electron chi connectivity index (χ1n) is 15.3. The van der Waals surface area contributed by atoms with E-state index >= 15 is 0 Å². The minimum absolute atomic E-state index is 0.0743. The van der Waals surface area contributed by atoms with E-state index in [1.807, 2.05) is 67.6 Å². The van der Waals surface area contributed by atoms with E-state index in [0.717, 1.165) is 16.7 Å². The summed E-state index contributed by atoms with van der Waals surface area (Å²) in [6.45, 7) is 3.40. The molecule has 0 saturated carbocycles. The first-order valence-corrected chi connectivity index (χ1v) is 16.2. The summed E-state index contributed by atoms with van der Waals surface area (Å²) in [7, 11) is 0. The number of hydrogen-bond acceptors (Lipinski definition) is 8. The molecule has 3 aromatic carbocycles. The minimum Gasteiger partial charge on any atom is -0.478 e. The van der Waals surface area contributed by atoms with Gasteiger partial charge in [0.1, 0.15) is 5.03 Å². The molecule has 5 rings (SSSR count). The molecule has 1 aliphatic heterocycles. The summed E-state index contributed by atoms with van der Waals surface area (Å²) >= 11 is 1.31. The van der Waals surface area contributed by atoms with Crippen molar-refractivity contribution >= 4 is 35.2 Å². The number of urea groups is 1. The maximum absolute atomic E-state index is 13.0. The summed E-state index contributed by atoms with van der Waals surface area (Å²) in [6.07, 6.45) is 0.378. The molecule has 10 nitrogen and oxygen atoms in total. The van der Waals surface area contributed by atoms with Gasteiger partial charge in [-0.3, -0.25) is 4.79 Å². The van der Waals surface area contributed by atoms with Crippen LogP contribution in [0.4, 0.5) is 10.5 Å². The van der Waals surface area contributed by atoms with Crippen LogP contribution in [0.25, 0.3) is 0 Å². The number of pyridine rings is 1. The SMILES string of the molecule is CC(=O)C(Cc1ccccc1)NC(=O)Nc1cccc(C2OC(CSc3ncccc3C(=O)O)C(C)C(c3ccc(CO)cc3)O2)c1. The van der Waals surface area contributed by atoms with Gasteiger partial charge in [-0.05, 0) is 54.3 Å². The van der Waals surface area contributed by atoms with Crippen LogP contribution in [0.15, 0.2) is 102 Å². The molecule has 0 aliphatic carbocycles. The van der Waals surface area contributed by atoms with Gasteiger partial charge in [-0.1, -0.05) is 73.7 Å². The minimum atomic E-state index is -1.05. The predicted molar refractivity (Wildman–Crippen MR) is 178 cm³/mol. The Bertz CT molecular complexity index is 1690. The Morgan fingerprint density at radius 1 is 0.915 bits per heavy atom. The van der Waals surface area contributed by atoms with Crippen LogP contribution < -0.4 is 10.6 Å². The van der Waals surface area contributed by atoms with Crippen molar-refractivity contribution in [3.63, 3.8) is 0 Å². The van der Waals surface area contributed by atoms with Gasteiger partial charge < -0.3 is 30.3 Å². The molecule has 11 heteroatoms. The number of anilines is 1. The van der Waals surface area contributed by atoms with Crippen LogP contribution in [0, 0.1) is 5.92 Å². The molecule has 1 aliphatic rings. The average molecular weight is 656 g/mol. The second-order valence-corrected chi connectivity index (χ2v) is 12.4. The average Bonchev–Trinajstić information content (AvgIpc) is 3.08. The number of thioether (sulfide) groups is 1. The van der Waals surface area contributed by atoms with E-state index < -0.39 is 24.3 Å². The van der Waals surface area contributed by atoms with Crippen molar-refractivity contribution in [3.05, 3.63) is 125 Å². The summed E-state index contributed by atoms with van der Waals surface area (Å²) in [5.41, 5.74) is 3.90. The van der Waals surface area contributed by atoms with Crippen LogP contribution in [-0.2, 0) is 27.3 Å². The summed E-state index contributed by atoms with van der Waals surface area (Å²) in [5.74, 6) is -0.920. The first kappa shape index (κ1) is 33.8. The molecular formula is C36H37N3O7S. The van der Waals surface area contributed by atoms with Crippen molar-refractivity contribution < 1.29 is 34.1 Å². The molecule has 1 aromatic heterocycles. The molecular weight excluding hydrogens is 618 g/mol. The number of carbonyl (C=O) groups is 3. The van der Waals surface area contributed by atoms with Gasteiger partial charge in [0.2, 0.25) is 0 Å². The van der Waals surface area contributed by atoms with Crippen LogP contribution in [0.1, 0.15) is 58.9 Å². The molecule has 0 radical (unpaired) electrons. The van der Waals surface area contributed by atoms with Crippen molar-refractivity contribution in [2.75, 3.05) is 11.1 Å². The molecule has 1 saturated heterocycles. The van der Waals surface area contributed by atoms with Crippen LogP contribution in [0.3, 0.4) is 0 Å². The quantitative estimate of drug-likeness (QED) is 0.131. The van der Waals surface area contributed by atoms with E-state index in [2.05, 4.69) is 15.6 Å². The second kappa shape index (κ2) is 15.8. The molecule has 2 amide bonds. The molecule has 5 atom stereocenters. The molecule has 0 spiro atoms. The molecule has 5 unspecified atom stereocenters. The highest BCUT2D eigenvalue weighted by Crippen LogP contribution is 2.43. The number of aliphatic hydroxyl groups is 1. The number of aliphatic hydroxyl groups excluding tert-OH is 1. The van der Waals surface area contributed by atoms with Crippen molar-refractivity contribution in [1.29, 1.82) is 0 Å².